The van der Waals surface area contributed by atoms with Crippen molar-refractivity contribution >= 4 is 21.6 Å². The maximum absolute atomic E-state index is 8.92. The highest BCUT2D eigenvalue weighted by molar-refractivity contribution is 9.10. The molecule has 3 nitrogen and oxygen atoms in total. The van der Waals surface area contributed by atoms with E-state index >= 15 is 0 Å². The molecule has 0 aliphatic heterocycles. The van der Waals surface area contributed by atoms with Crippen molar-refractivity contribution in [3.63, 3.8) is 0 Å². The number of hydrogen-bond acceptors (Lipinski definition) is 2. The highest BCUT2D eigenvalue weighted by atomic mass is 79.9. The smallest absolute Gasteiger partial charge is 0.101 e. The number of aromatic nitrogens is 1. The summed E-state index contributed by atoms with van der Waals surface area (Å²) in [6.07, 6.45) is 3.75. The van der Waals surface area contributed by atoms with Crippen LogP contribution in [0.2, 0.25) is 0 Å². The third kappa shape index (κ3) is 2.20. The van der Waals surface area contributed by atoms with Gasteiger partial charge in [-0.25, -0.2) is 0 Å². The van der Waals surface area contributed by atoms with Crippen molar-refractivity contribution in [2.45, 2.75) is 0 Å². The quantitative estimate of drug-likeness (QED) is 0.903. The number of benzene rings is 1. The van der Waals surface area contributed by atoms with E-state index in [9.17, 15) is 0 Å². The van der Waals surface area contributed by atoms with E-state index in [0.717, 1.165) is 10.2 Å². The molecule has 0 aliphatic rings. The van der Waals surface area contributed by atoms with Crippen molar-refractivity contribution in [3.05, 3.63) is 52.8 Å². The Hall–Kier alpha value is -1.73. The van der Waals surface area contributed by atoms with Crippen molar-refractivity contribution in [2.24, 2.45) is 0 Å². The van der Waals surface area contributed by atoms with Gasteiger partial charge >= 0.3 is 0 Å². The highest BCUT2D eigenvalue weighted by Crippen LogP contribution is 2.20. The zero-order chi connectivity index (χ0) is 10.7. The summed E-state index contributed by atoms with van der Waals surface area (Å²) in [5.74, 6) is 0. The minimum absolute atomic E-state index is 0.617. The Balaban J connectivity index is 2.35. The lowest BCUT2D eigenvalue weighted by Gasteiger charge is -2.09. The monoisotopic (exact) mass is 261 g/mol. The van der Waals surface area contributed by atoms with Crippen LogP contribution in [0.15, 0.2) is 47.2 Å². The highest BCUT2D eigenvalue weighted by Gasteiger charge is 2.01. The molecule has 0 atom stereocenters. The van der Waals surface area contributed by atoms with E-state index < -0.39 is 0 Å². The van der Waals surface area contributed by atoms with E-state index in [1.165, 1.54) is 0 Å². The fraction of sp³-hybridized carbons (Fsp3) is 0. The lowest BCUT2D eigenvalue weighted by molar-refractivity contribution is 0.969. The summed E-state index contributed by atoms with van der Waals surface area (Å²) in [5.41, 5.74) is 4.51. The third-order valence-corrected chi connectivity index (χ3v) is 2.45. The molecular formula is C11H8BrN3. The van der Waals surface area contributed by atoms with Gasteiger partial charge < -0.3 is 0 Å². The Morgan fingerprint density at radius 1 is 1.27 bits per heavy atom. The van der Waals surface area contributed by atoms with Crippen LogP contribution in [0.1, 0.15) is 5.56 Å². The minimum Gasteiger partial charge on any atom is -0.294 e. The van der Waals surface area contributed by atoms with Crippen LogP contribution in [-0.2, 0) is 0 Å². The standard InChI is InChI=1S/C11H8BrN3/c12-10-4-3-9(8-13)11(7-10)14-15-5-1-2-6-15/h1-7,14H. The second-order valence-corrected chi connectivity index (χ2v) is 3.92. The first-order valence-electron chi connectivity index (χ1n) is 4.39. The summed E-state index contributed by atoms with van der Waals surface area (Å²) < 4.78 is 2.74. The normalized spacial score (nSPS) is 9.60. The lowest BCUT2D eigenvalue weighted by atomic mass is 10.2. The molecule has 2 aromatic rings. The Morgan fingerprint density at radius 2 is 2.00 bits per heavy atom. The van der Waals surface area contributed by atoms with E-state index in [1.54, 1.807) is 10.7 Å². The molecule has 0 radical (unpaired) electrons. The summed E-state index contributed by atoms with van der Waals surface area (Å²) in [7, 11) is 0. The van der Waals surface area contributed by atoms with Gasteiger partial charge in [0.25, 0.3) is 0 Å². The van der Waals surface area contributed by atoms with Crippen molar-refractivity contribution < 1.29 is 0 Å². The molecule has 0 bridgehead atoms. The van der Waals surface area contributed by atoms with Crippen molar-refractivity contribution in [2.75, 3.05) is 5.43 Å². The topological polar surface area (TPSA) is 40.8 Å². The second kappa shape index (κ2) is 4.20. The molecule has 0 spiro atoms. The predicted molar refractivity (Wildman–Crippen MR) is 62.3 cm³/mol. The molecular weight excluding hydrogens is 254 g/mol. The van der Waals surface area contributed by atoms with Gasteiger partial charge in [0.1, 0.15) is 6.07 Å². The van der Waals surface area contributed by atoms with Gasteiger partial charge in [0.2, 0.25) is 0 Å². The van der Waals surface area contributed by atoms with Crippen LogP contribution in [0, 0.1) is 11.3 Å². The Bertz CT molecular complexity index is 497. The van der Waals surface area contributed by atoms with E-state index in [2.05, 4.69) is 27.4 Å². The number of nitrogens with zero attached hydrogens (tertiary/aromatic N) is 2. The second-order valence-electron chi connectivity index (χ2n) is 3.00. The molecule has 1 aromatic heterocycles. The number of nitriles is 1. The summed E-state index contributed by atoms with van der Waals surface area (Å²) in [6, 6.07) is 11.5. The fourth-order valence-electron chi connectivity index (χ4n) is 1.25. The molecule has 1 N–H and O–H groups in total. The van der Waals surface area contributed by atoms with Crippen molar-refractivity contribution in [1.82, 2.24) is 4.68 Å². The van der Waals surface area contributed by atoms with Gasteiger partial charge in [0, 0.05) is 16.9 Å². The van der Waals surface area contributed by atoms with Gasteiger partial charge in [0.05, 0.1) is 11.3 Å². The van der Waals surface area contributed by atoms with Crippen LogP contribution >= 0.6 is 15.9 Å². The van der Waals surface area contributed by atoms with E-state index in [4.69, 9.17) is 5.26 Å². The van der Waals surface area contributed by atoms with Gasteiger partial charge in [-0.1, -0.05) is 15.9 Å². The molecule has 74 valence electrons. The Kier molecular flexibility index (Phi) is 2.75. The Morgan fingerprint density at radius 3 is 2.67 bits per heavy atom. The third-order valence-electron chi connectivity index (χ3n) is 1.96. The van der Waals surface area contributed by atoms with E-state index in [0.29, 0.717) is 5.56 Å². The number of anilines is 1. The van der Waals surface area contributed by atoms with Gasteiger partial charge in [-0.3, -0.25) is 10.1 Å². The van der Waals surface area contributed by atoms with Crippen LogP contribution in [0.25, 0.3) is 0 Å². The average molecular weight is 262 g/mol. The predicted octanol–water partition coefficient (Wildman–Crippen LogP) is 3.00. The lowest BCUT2D eigenvalue weighted by Crippen LogP contribution is -2.07. The molecule has 4 heteroatoms. The van der Waals surface area contributed by atoms with Crippen LogP contribution in [0.5, 0.6) is 0 Å². The maximum atomic E-state index is 8.92. The van der Waals surface area contributed by atoms with Crippen LogP contribution in [0.4, 0.5) is 5.69 Å². The fourth-order valence-corrected chi connectivity index (χ4v) is 1.62. The molecule has 0 fully saturated rings. The first kappa shape index (κ1) is 9.81. The molecule has 1 heterocycles. The van der Waals surface area contributed by atoms with Crippen LogP contribution in [0.3, 0.4) is 0 Å². The van der Waals surface area contributed by atoms with Crippen molar-refractivity contribution in [3.8, 4) is 6.07 Å². The number of hydrogen-bond donors (Lipinski definition) is 1. The van der Waals surface area contributed by atoms with E-state index in [1.807, 2.05) is 36.7 Å². The van der Waals surface area contributed by atoms with Crippen LogP contribution in [-0.4, -0.2) is 4.68 Å². The number of rotatable bonds is 2. The molecule has 0 amide bonds. The minimum atomic E-state index is 0.617. The van der Waals surface area contributed by atoms with Gasteiger partial charge in [-0.15, -0.1) is 0 Å². The first-order valence-corrected chi connectivity index (χ1v) is 5.18. The molecule has 0 unspecified atom stereocenters. The number of halogens is 1. The molecule has 0 aliphatic carbocycles. The van der Waals surface area contributed by atoms with Crippen molar-refractivity contribution in [1.29, 1.82) is 5.26 Å². The van der Waals surface area contributed by atoms with Gasteiger partial charge in [0.15, 0.2) is 0 Å². The molecule has 2 rings (SSSR count). The SMILES string of the molecule is N#Cc1ccc(Br)cc1Nn1cccc1. The molecule has 0 saturated heterocycles. The summed E-state index contributed by atoms with van der Waals surface area (Å²) >= 11 is 3.37. The van der Waals surface area contributed by atoms with E-state index in [-0.39, 0.29) is 0 Å². The van der Waals surface area contributed by atoms with Gasteiger partial charge in [-0.2, -0.15) is 5.26 Å². The largest absolute Gasteiger partial charge is 0.294 e. The molecule has 15 heavy (non-hydrogen) atoms. The zero-order valence-electron chi connectivity index (χ0n) is 7.81. The summed E-state index contributed by atoms with van der Waals surface area (Å²) in [4.78, 5) is 0. The first-order chi connectivity index (χ1) is 7.29. The maximum Gasteiger partial charge on any atom is 0.101 e. The van der Waals surface area contributed by atoms with Crippen LogP contribution < -0.4 is 5.43 Å². The number of nitrogens with one attached hydrogen (secondary N) is 1. The van der Waals surface area contributed by atoms with Gasteiger partial charge in [-0.05, 0) is 30.3 Å². The summed E-state index contributed by atoms with van der Waals surface area (Å²) in [5, 5.41) is 8.92. The molecule has 0 saturated carbocycles. The zero-order valence-corrected chi connectivity index (χ0v) is 9.40. The Labute approximate surface area is 96.1 Å². The molecule has 1 aromatic carbocycles. The average Bonchev–Trinajstić information content (AvgIpc) is 2.71. The summed E-state index contributed by atoms with van der Waals surface area (Å²) in [6.45, 7) is 0.